The molecule has 1 heterocycles. The van der Waals surface area contributed by atoms with Crippen LogP contribution >= 0.6 is 0 Å². The van der Waals surface area contributed by atoms with Crippen LogP contribution in [0.2, 0.25) is 0 Å². The van der Waals surface area contributed by atoms with Crippen molar-refractivity contribution in [2.24, 2.45) is 0 Å². The minimum Gasteiger partial charge on any atom is -0.451 e. The fourth-order valence-corrected chi connectivity index (χ4v) is 2.57. The number of benzene rings is 2. The number of nitrogens with zero attached hydrogens (tertiary/aromatic N) is 1. The van der Waals surface area contributed by atoms with E-state index in [9.17, 15) is 28.1 Å². The van der Waals surface area contributed by atoms with Crippen molar-refractivity contribution in [2.75, 3.05) is 0 Å². The predicted molar refractivity (Wildman–Crippen MR) is 93.4 cm³/mol. The maximum absolute atomic E-state index is 12.7. The Bertz CT molecular complexity index is 1030. The third-order valence-electron chi connectivity index (χ3n) is 3.90. The highest BCUT2D eigenvalue weighted by atomic mass is 19.4. The number of alkyl halides is 3. The number of hydrogen-bond donors (Lipinski definition) is 1. The Kier molecular flexibility index (Phi) is 5.16. The Morgan fingerprint density at radius 3 is 2.54 bits per heavy atom. The predicted octanol–water partition coefficient (Wildman–Crippen LogP) is 4.80. The number of furan rings is 1. The smallest absolute Gasteiger partial charge is 0.416 e. The maximum Gasteiger partial charge on any atom is 0.416 e. The number of para-hydroxylation sites is 1. The monoisotopic (exact) mass is 390 g/mol. The molecular formula is C19H13F3N2O4. The van der Waals surface area contributed by atoms with E-state index in [2.05, 4.69) is 5.32 Å². The minimum absolute atomic E-state index is 0.111. The van der Waals surface area contributed by atoms with Gasteiger partial charge < -0.3 is 9.73 Å². The van der Waals surface area contributed by atoms with Crippen molar-refractivity contribution < 1.29 is 27.3 Å². The first-order valence-electron chi connectivity index (χ1n) is 8.03. The first-order chi connectivity index (χ1) is 13.3. The Morgan fingerprint density at radius 1 is 1.07 bits per heavy atom. The quantitative estimate of drug-likeness (QED) is 0.501. The van der Waals surface area contributed by atoms with E-state index in [1.807, 2.05) is 0 Å². The van der Waals surface area contributed by atoms with Gasteiger partial charge in [0.2, 0.25) is 0 Å². The molecule has 2 aromatic carbocycles. The number of nitro groups is 1. The first kappa shape index (κ1) is 19.2. The molecular weight excluding hydrogens is 377 g/mol. The van der Waals surface area contributed by atoms with Gasteiger partial charge in [-0.05, 0) is 35.9 Å². The summed E-state index contributed by atoms with van der Waals surface area (Å²) >= 11 is 0. The van der Waals surface area contributed by atoms with E-state index in [4.69, 9.17) is 4.42 Å². The van der Waals surface area contributed by atoms with Gasteiger partial charge in [-0.1, -0.05) is 24.3 Å². The summed E-state index contributed by atoms with van der Waals surface area (Å²) in [5.74, 6) is -0.626. The van der Waals surface area contributed by atoms with Crippen molar-refractivity contribution in [1.29, 1.82) is 0 Å². The maximum atomic E-state index is 12.7. The van der Waals surface area contributed by atoms with E-state index < -0.39 is 22.6 Å². The Morgan fingerprint density at radius 2 is 1.82 bits per heavy atom. The fraction of sp³-hybridized carbons (Fsp3) is 0.105. The molecule has 1 N–H and O–H groups in total. The average Bonchev–Trinajstić information content (AvgIpc) is 3.16. The molecule has 3 aromatic rings. The zero-order chi connectivity index (χ0) is 20.3. The van der Waals surface area contributed by atoms with Gasteiger partial charge in [-0.15, -0.1) is 0 Å². The van der Waals surface area contributed by atoms with Crippen molar-refractivity contribution in [3.63, 3.8) is 0 Å². The molecule has 9 heteroatoms. The molecule has 28 heavy (non-hydrogen) atoms. The molecule has 6 nitrogen and oxygen atoms in total. The van der Waals surface area contributed by atoms with Crippen LogP contribution in [0.5, 0.6) is 0 Å². The van der Waals surface area contributed by atoms with E-state index in [0.29, 0.717) is 0 Å². The Labute approximate surface area is 156 Å². The minimum atomic E-state index is -4.47. The summed E-state index contributed by atoms with van der Waals surface area (Å²) in [6.45, 7) is -0.135. The van der Waals surface area contributed by atoms with Gasteiger partial charge in [-0.25, -0.2) is 0 Å². The highest BCUT2D eigenvalue weighted by molar-refractivity contribution is 5.92. The molecule has 144 valence electrons. The molecule has 0 radical (unpaired) electrons. The van der Waals surface area contributed by atoms with Gasteiger partial charge in [0.15, 0.2) is 5.76 Å². The third-order valence-corrected chi connectivity index (χ3v) is 3.90. The molecule has 0 fully saturated rings. The van der Waals surface area contributed by atoms with E-state index in [0.717, 1.165) is 12.1 Å². The number of carbonyl (C=O) groups is 1. The van der Waals surface area contributed by atoms with E-state index in [1.54, 1.807) is 6.07 Å². The number of nitro benzene ring substituents is 1. The standard InChI is InChI=1S/C19H13F3N2O4/c20-19(21,22)13-5-3-4-12(10-13)11-23-18(25)17-9-8-16(28-17)14-6-1-2-7-15(14)24(26)27/h1-10H,11H2,(H,23,25). The van der Waals surface area contributed by atoms with Gasteiger partial charge in [0.1, 0.15) is 5.76 Å². The van der Waals surface area contributed by atoms with E-state index in [1.165, 1.54) is 42.5 Å². The first-order valence-corrected chi connectivity index (χ1v) is 8.03. The Balaban J connectivity index is 1.73. The number of rotatable bonds is 5. The molecule has 1 aromatic heterocycles. The number of carbonyl (C=O) groups excluding carboxylic acids is 1. The second kappa shape index (κ2) is 7.55. The van der Waals surface area contributed by atoms with E-state index >= 15 is 0 Å². The summed E-state index contributed by atoms with van der Waals surface area (Å²) in [5, 5.41) is 13.6. The van der Waals surface area contributed by atoms with Crippen LogP contribution in [0.25, 0.3) is 11.3 Å². The molecule has 0 aliphatic rings. The summed E-state index contributed by atoms with van der Waals surface area (Å²) in [6, 6.07) is 13.3. The zero-order valence-corrected chi connectivity index (χ0v) is 14.2. The van der Waals surface area contributed by atoms with Crippen LogP contribution < -0.4 is 5.32 Å². The van der Waals surface area contributed by atoms with Gasteiger partial charge in [0, 0.05) is 12.6 Å². The molecule has 1 amide bonds. The molecule has 0 saturated heterocycles. The molecule has 0 spiro atoms. The van der Waals surface area contributed by atoms with Crippen LogP contribution in [0.1, 0.15) is 21.7 Å². The molecule has 0 saturated carbocycles. The number of nitrogens with one attached hydrogen (secondary N) is 1. The molecule has 0 aliphatic heterocycles. The average molecular weight is 390 g/mol. The number of hydrogen-bond acceptors (Lipinski definition) is 4. The van der Waals surface area contributed by atoms with Crippen molar-refractivity contribution in [3.8, 4) is 11.3 Å². The summed E-state index contributed by atoms with van der Waals surface area (Å²) in [7, 11) is 0. The van der Waals surface area contributed by atoms with E-state index in [-0.39, 0.29) is 34.9 Å². The van der Waals surface area contributed by atoms with Crippen LogP contribution in [0.3, 0.4) is 0 Å². The second-order valence-corrected chi connectivity index (χ2v) is 5.82. The third kappa shape index (κ3) is 4.20. The molecule has 3 rings (SSSR count). The molecule has 0 atom stereocenters. The summed E-state index contributed by atoms with van der Waals surface area (Å²) in [5.41, 5.74) is -0.498. The van der Waals surface area contributed by atoms with Crippen molar-refractivity contribution in [1.82, 2.24) is 5.32 Å². The lowest BCUT2D eigenvalue weighted by Crippen LogP contribution is -2.22. The lowest BCUT2D eigenvalue weighted by Gasteiger charge is -2.09. The second-order valence-electron chi connectivity index (χ2n) is 5.82. The summed E-state index contributed by atoms with van der Waals surface area (Å²) in [6.07, 6.45) is -4.47. The topological polar surface area (TPSA) is 85.4 Å². The van der Waals surface area contributed by atoms with Crippen molar-refractivity contribution in [2.45, 2.75) is 12.7 Å². The highest BCUT2D eigenvalue weighted by Crippen LogP contribution is 2.31. The SMILES string of the molecule is O=C(NCc1cccc(C(F)(F)F)c1)c1ccc(-c2ccccc2[N+](=O)[O-])o1. The molecule has 0 unspecified atom stereocenters. The van der Waals surface area contributed by atoms with Gasteiger partial charge >= 0.3 is 6.18 Å². The molecule has 0 bridgehead atoms. The van der Waals surface area contributed by atoms with Crippen LogP contribution in [-0.2, 0) is 12.7 Å². The van der Waals surface area contributed by atoms with Crippen molar-refractivity contribution >= 4 is 11.6 Å². The van der Waals surface area contributed by atoms with Gasteiger partial charge in [0.05, 0.1) is 16.1 Å². The number of amides is 1. The largest absolute Gasteiger partial charge is 0.451 e. The summed E-state index contributed by atoms with van der Waals surface area (Å²) in [4.78, 5) is 22.7. The zero-order valence-electron chi connectivity index (χ0n) is 14.2. The lowest BCUT2D eigenvalue weighted by atomic mass is 10.1. The van der Waals surface area contributed by atoms with Gasteiger partial charge in [-0.3, -0.25) is 14.9 Å². The number of halogens is 3. The molecule has 0 aliphatic carbocycles. The Hall–Kier alpha value is -3.62. The lowest BCUT2D eigenvalue weighted by molar-refractivity contribution is -0.384. The van der Waals surface area contributed by atoms with Crippen LogP contribution in [0, 0.1) is 10.1 Å². The van der Waals surface area contributed by atoms with Crippen LogP contribution in [0.15, 0.2) is 65.1 Å². The van der Waals surface area contributed by atoms with Gasteiger partial charge in [0.25, 0.3) is 11.6 Å². The van der Waals surface area contributed by atoms with Gasteiger partial charge in [-0.2, -0.15) is 13.2 Å². The van der Waals surface area contributed by atoms with Crippen molar-refractivity contribution in [3.05, 3.63) is 87.7 Å². The van der Waals surface area contributed by atoms with Crippen LogP contribution in [-0.4, -0.2) is 10.8 Å². The summed E-state index contributed by atoms with van der Waals surface area (Å²) < 4.78 is 43.6. The normalized spacial score (nSPS) is 11.2. The highest BCUT2D eigenvalue weighted by Gasteiger charge is 2.30. The van der Waals surface area contributed by atoms with Crippen LogP contribution in [0.4, 0.5) is 18.9 Å². The fourth-order valence-electron chi connectivity index (χ4n) is 2.57.